The van der Waals surface area contributed by atoms with Crippen LogP contribution in [0.1, 0.15) is 44.4 Å². The molecule has 1 aliphatic carbocycles. The normalized spacial score (nSPS) is 31.5. The lowest BCUT2D eigenvalue weighted by molar-refractivity contribution is 0.0831. The van der Waals surface area contributed by atoms with E-state index in [4.69, 9.17) is 4.42 Å². The van der Waals surface area contributed by atoms with Crippen molar-refractivity contribution in [2.24, 2.45) is 5.92 Å². The molecule has 18 heavy (non-hydrogen) atoms. The first-order chi connectivity index (χ1) is 8.58. The first-order valence-corrected chi connectivity index (χ1v) is 7.00. The number of piperazine rings is 1. The Morgan fingerprint density at radius 2 is 2.33 bits per heavy atom. The molecule has 2 fully saturated rings. The van der Waals surface area contributed by atoms with Gasteiger partial charge in [-0.1, -0.05) is 0 Å². The zero-order valence-corrected chi connectivity index (χ0v) is 11.6. The van der Waals surface area contributed by atoms with E-state index in [-0.39, 0.29) is 11.6 Å². The van der Waals surface area contributed by atoms with Crippen LogP contribution in [0.15, 0.2) is 10.6 Å². The van der Waals surface area contributed by atoms with Crippen LogP contribution in [0.25, 0.3) is 0 Å². The lowest BCUT2D eigenvalue weighted by Crippen LogP contribution is -2.60. The SMILES string of the molecule is Cc1cnc(C(C)N2CCNC(C)(C3CC3)C2)o1. The first kappa shape index (κ1) is 12.2. The summed E-state index contributed by atoms with van der Waals surface area (Å²) in [7, 11) is 0. The van der Waals surface area contributed by atoms with Gasteiger partial charge in [0.1, 0.15) is 5.76 Å². The Kier molecular flexibility index (Phi) is 2.94. The molecule has 4 nitrogen and oxygen atoms in total. The fourth-order valence-corrected chi connectivity index (χ4v) is 3.09. The highest BCUT2D eigenvalue weighted by molar-refractivity contribution is 5.04. The molecule has 0 radical (unpaired) electrons. The maximum Gasteiger partial charge on any atom is 0.211 e. The average Bonchev–Trinajstić information content (AvgIpc) is 3.12. The summed E-state index contributed by atoms with van der Waals surface area (Å²) in [6.45, 7) is 9.76. The van der Waals surface area contributed by atoms with E-state index in [1.807, 2.05) is 13.1 Å². The molecule has 1 saturated carbocycles. The average molecular weight is 249 g/mol. The molecule has 2 aliphatic rings. The Labute approximate surface area is 109 Å². The molecule has 1 N–H and O–H groups in total. The lowest BCUT2D eigenvalue weighted by atomic mass is 9.92. The summed E-state index contributed by atoms with van der Waals surface area (Å²) in [6, 6.07) is 0.277. The first-order valence-electron chi connectivity index (χ1n) is 7.00. The Balaban J connectivity index is 1.71. The summed E-state index contributed by atoms with van der Waals surface area (Å²) in [5, 5.41) is 3.71. The molecule has 2 atom stereocenters. The van der Waals surface area contributed by atoms with Crippen molar-refractivity contribution >= 4 is 0 Å². The van der Waals surface area contributed by atoms with Gasteiger partial charge in [-0.2, -0.15) is 0 Å². The van der Waals surface area contributed by atoms with Crippen molar-refractivity contribution in [2.45, 2.75) is 45.2 Å². The summed E-state index contributed by atoms with van der Waals surface area (Å²) < 4.78 is 5.67. The van der Waals surface area contributed by atoms with Gasteiger partial charge >= 0.3 is 0 Å². The number of oxazole rings is 1. The Morgan fingerprint density at radius 1 is 1.56 bits per heavy atom. The molecule has 0 amide bonds. The van der Waals surface area contributed by atoms with E-state index in [0.717, 1.165) is 37.2 Å². The second-order valence-corrected chi connectivity index (χ2v) is 6.07. The van der Waals surface area contributed by atoms with Gasteiger partial charge in [0.2, 0.25) is 5.89 Å². The van der Waals surface area contributed by atoms with Crippen LogP contribution in [0, 0.1) is 12.8 Å². The van der Waals surface area contributed by atoms with Crippen LogP contribution in [0.3, 0.4) is 0 Å². The van der Waals surface area contributed by atoms with Crippen molar-refractivity contribution in [1.29, 1.82) is 0 Å². The molecule has 1 aromatic rings. The molecule has 0 spiro atoms. The van der Waals surface area contributed by atoms with E-state index in [0.29, 0.717) is 0 Å². The molecule has 2 heterocycles. The predicted molar refractivity (Wildman–Crippen MR) is 70.4 cm³/mol. The van der Waals surface area contributed by atoms with Gasteiger partial charge < -0.3 is 9.73 Å². The van der Waals surface area contributed by atoms with Crippen molar-refractivity contribution in [3.63, 3.8) is 0 Å². The summed E-state index contributed by atoms with van der Waals surface area (Å²) in [6.07, 6.45) is 4.57. The van der Waals surface area contributed by atoms with E-state index >= 15 is 0 Å². The van der Waals surface area contributed by atoms with Crippen LogP contribution in [0.4, 0.5) is 0 Å². The van der Waals surface area contributed by atoms with Gasteiger partial charge in [-0.25, -0.2) is 4.98 Å². The van der Waals surface area contributed by atoms with Gasteiger partial charge in [-0.15, -0.1) is 0 Å². The number of hydrogen-bond acceptors (Lipinski definition) is 4. The quantitative estimate of drug-likeness (QED) is 0.891. The van der Waals surface area contributed by atoms with Crippen molar-refractivity contribution < 1.29 is 4.42 Å². The van der Waals surface area contributed by atoms with Crippen molar-refractivity contribution in [2.75, 3.05) is 19.6 Å². The molecule has 2 unspecified atom stereocenters. The van der Waals surface area contributed by atoms with Gasteiger partial charge in [0.25, 0.3) is 0 Å². The maximum absolute atomic E-state index is 5.67. The van der Waals surface area contributed by atoms with E-state index in [1.54, 1.807) is 0 Å². The molecule has 4 heteroatoms. The van der Waals surface area contributed by atoms with Crippen LogP contribution in [-0.2, 0) is 0 Å². The number of aromatic nitrogens is 1. The number of rotatable bonds is 3. The lowest BCUT2D eigenvalue weighted by Gasteiger charge is -2.43. The van der Waals surface area contributed by atoms with Gasteiger partial charge in [-0.05, 0) is 39.5 Å². The smallest absolute Gasteiger partial charge is 0.211 e. The topological polar surface area (TPSA) is 41.3 Å². The Hall–Kier alpha value is -0.870. The van der Waals surface area contributed by atoms with Gasteiger partial charge in [0.05, 0.1) is 12.2 Å². The summed E-state index contributed by atoms with van der Waals surface area (Å²) in [5.41, 5.74) is 0.286. The maximum atomic E-state index is 5.67. The van der Waals surface area contributed by atoms with Gasteiger partial charge in [0, 0.05) is 25.2 Å². The molecule has 1 aromatic heterocycles. The minimum atomic E-state index is 0.277. The molecular weight excluding hydrogens is 226 g/mol. The van der Waals surface area contributed by atoms with E-state index < -0.39 is 0 Å². The van der Waals surface area contributed by atoms with Crippen LogP contribution in [-0.4, -0.2) is 35.1 Å². The number of nitrogens with zero attached hydrogens (tertiary/aromatic N) is 2. The molecule has 100 valence electrons. The number of hydrogen-bond donors (Lipinski definition) is 1. The minimum absolute atomic E-state index is 0.277. The monoisotopic (exact) mass is 249 g/mol. The zero-order chi connectivity index (χ0) is 12.8. The summed E-state index contributed by atoms with van der Waals surface area (Å²) >= 11 is 0. The van der Waals surface area contributed by atoms with Gasteiger partial charge in [-0.3, -0.25) is 4.90 Å². The number of nitrogens with one attached hydrogen (secondary N) is 1. The molecule has 1 saturated heterocycles. The van der Waals surface area contributed by atoms with E-state index in [2.05, 4.69) is 29.0 Å². The van der Waals surface area contributed by atoms with Crippen LogP contribution in [0.5, 0.6) is 0 Å². The second-order valence-electron chi connectivity index (χ2n) is 6.07. The fraction of sp³-hybridized carbons (Fsp3) is 0.786. The zero-order valence-electron chi connectivity index (χ0n) is 11.6. The summed E-state index contributed by atoms with van der Waals surface area (Å²) in [5.74, 6) is 2.61. The molecular formula is C14H23N3O. The van der Waals surface area contributed by atoms with Crippen molar-refractivity contribution in [3.8, 4) is 0 Å². The van der Waals surface area contributed by atoms with Gasteiger partial charge in [0.15, 0.2) is 0 Å². The summed E-state index contributed by atoms with van der Waals surface area (Å²) in [4.78, 5) is 6.87. The highest BCUT2D eigenvalue weighted by atomic mass is 16.4. The van der Waals surface area contributed by atoms with E-state index in [1.165, 1.54) is 12.8 Å². The fourth-order valence-electron chi connectivity index (χ4n) is 3.09. The minimum Gasteiger partial charge on any atom is -0.444 e. The van der Waals surface area contributed by atoms with Crippen LogP contribution < -0.4 is 5.32 Å². The molecule has 3 rings (SSSR count). The molecule has 0 bridgehead atoms. The van der Waals surface area contributed by atoms with Crippen molar-refractivity contribution in [1.82, 2.24) is 15.2 Å². The van der Waals surface area contributed by atoms with Crippen LogP contribution >= 0.6 is 0 Å². The molecule has 1 aliphatic heterocycles. The van der Waals surface area contributed by atoms with E-state index in [9.17, 15) is 0 Å². The third kappa shape index (κ3) is 2.19. The highest BCUT2D eigenvalue weighted by Crippen LogP contribution is 2.41. The second kappa shape index (κ2) is 4.35. The third-order valence-electron chi connectivity index (χ3n) is 4.48. The Bertz CT molecular complexity index is 426. The third-order valence-corrected chi connectivity index (χ3v) is 4.48. The highest BCUT2D eigenvalue weighted by Gasteiger charge is 2.44. The Morgan fingerprint density at radius 3 is 2.94 bits per heavy atom. The van der Waals surface area contributed by atoms with Crippen LogP contribution in [0.2, 0.25) is 0 Å². The van der Waals surface area contributed by atoms with Crippen molar-refractivity contribution in [3.05, 3.63) is 17.8 Å². The largest absolute Gasteiger partial charge is 0.444 e. The predicted octanol–water partition coefficient (Wildman–Crippen LogP) is 2.12. The molecule has 0 aromatic carbocycles. The number of aryl methyl sites for hydroxylation is 1. The standard InChI is InChI=1S/C14H23N3O/c1-10-8-15-13(18-10)11(2)17-7-6-16-14(3,9-17)12-4-5-12/h8,11-12,16H,4-7,9H2,1-3H3.